The van der Waals surface area contributed by atoms with Crippen LogP contribution in [0.5, 0.6) is 0 Å². The number of aromatic nitrogens is 4. The highest BCUT2D eigenvalue weighted by molar-refractivity contribution is 5.95. The fraction of sp³-hybridized carbons (Fsp3) is 0.308. The van der Waals surface area contributed by atoms with E-state index in [4.69, 9.17) is 0 Å². The summed E-state index contributed by atoms with van der Waals surface area (Å²) in [5.74, 6) is -0.619. The summed E-state index contributed by atoms with van der Waals surface area (Å²) in [4.78, 5) is 25.9. The zero-order valence-electron chi connectivity index (χ0n) is 18.6. The van der Waals surface area contributed by atoms with Gasteiger partial charge in [-0.3, -0.25) is 9.78 Å². The number of carbonyl (C=O) groups is 1. The SMILES string of the molecule is Cn1ccc2c(Cc3ccc(-c4ccc(F)nc4)nc3)cc(C(=O)NC3CCCCC3)nc21. The van der Waals surface area contributed by atoms with Crippen molar-refractivity contribution in [1.29, 1.82) is 0 Å². The zero-order chi connectivity index (χ0) is 22.8. The lowest BCUT2D eigenvalue weighted by Gasteiger charge is -2.22. The van der Waals surface area contributed by atoms with Crippen molar-refractivity contribution in [2.75, 3.05) is 0 Å². The van der Waals surface area contributed by atoms with Gasteiger partial charge in [-0.15, -0.1) is 0 Å². The number of pyridine rings is 3. The van der Waals surface area contributed by atoms with Crippen LogP contribution in [0.4, 0.5) is 4.39 Å². The Morgan fingerprint density at radius 3 is 2.67 bits per heavy atom. The molecule has 0 radical (unpaired) electrons. The number of hydrogen-bond acceptors (Lipinski definition) is 4. The van der Waals surface area contributed by atoms with E-state index >= 15 is 0 Å². The van der Waals surface area contributed by atoms with Gasteiger partial charge in [0.15, 0.2) is 0 Å². The third-order valence-electron chi connectivity index (χ3n) is 6.34. The average molecular weight is 444 g/mol. The predicted molar refractivity (Wildman–Crippen MR) is 125 cm³/mol. The molecule has 1 saturated carbocycles. The highest BCUT2D eigenvalue weighted by Gasteiger charge is 2.19. The minimum atomic E-state index is -0.511. The standard InChI is InChI=1S/C26H26FN5O/c1-32-12-11-21-19(13-17-7-9-22(28-15-17)18-8-10-24(27)29-16-18)14-23(31-25(21)32)26(33)30-20-5-3-2-4-6-20/h7-12,14-16,20H,2-6,13H2,1H3,(H,30,33). The van der Waals surface area contributed by atoms with Crippen LogP contribution in [-0.4, -0.2) is 31.5 Å². The van der Waals surface area contributed by atoms with Crippen molar-refractivity contribution in [3.05, 3.63) is 77.8 Å². The summed E-state index contributed by atoms with van der Waals surface area (Å²) >= 11 is 0. The van der Waals surface area contributed by atoms with Crippen LogP contribution in [0.1, 0.15) is 53.7 Å². The number of halogens is 1. The molecule has 0 bridgehead atoms. The summed E-state index contributed by atoms with van der Waals surface area (Å²) in [7, 11) is 1.94. The molecule has 4 heterocycles. The molecular formula is C26H26FN5O. The van der Waals surface area contributed by atoms with Crippen LogP contribution in [0.3, 0.4) is 0 Å². The Balaban J connectivity index is 1.41. The largest absolute Gasteiger partial charge is 0.348 e. The van der Waals surface area contributed by atoms with Crippen molar-refractivity contribution in [3.63, 3.8) is 0 Å². The zero-order valence-corrected chi connectivity index (χ0v) is 18.6. The van der Waals surface area contributed by atoms with Crippen LogP contribution in [0.15, 0.2) is 55.0 Å². The molecule has 1 aliphatic carbocycles. The summed E-state index contributed by atoms with van der Waals surface area (Å²) in [6, 6.07) is 11.1. The quantitative estimate of drug-likeness (QED) is 0.449. The molecule has 0 unspecified atom stereocenters. The normalized spacial score (nSPS) is 14.5. The van der Waals surface area contributed by atoms with Gasteiger partial charge in [0.05, 0.1) is 5.69 Å². The molecule has 5 rings (SSSR count). The van der Waals surface area contributed by atoms with E-state index < -0.39 is 5.95 Å². The highest BCUT2D eigenvalue weighted by atomic mass is 19.1. The number of nitrogens with zero attached hydrogens (tertiary/aromatic N) is 4. The van der Waals surface area contributed by atoms with Gasteiger partial charge in [0, 0.05) is 42.6 Å². The number of amides is 1. The molecule has 4 aromatic heterocycles. The second-order valence-corrected chi connectivity index (χ2v) is 8.74. The maximum absolute atomic E-state index is 13.1. The van der Waals surface area contributed by atoms with Gasteiger partial charge in [-0.25, -0.2) is 9.97 Å². The lowest BCUT2D eigenvalue weighted by molar-refractivity contribution is 0.0923. The molecule has 0 aliphatic heterocycles. The Hall–Kier alpha value is -3.61. The van der Waals surface area contributed by atoms with Gasteiger partial charge >= 0.3 is 0 Å². The van der Waals surface area contributed by atoms with Crippen molar-refractivity contribution >= 4 is 16.9 Å². The van der Waals surface area contributed by atoms with E-state index in [0.717, 1.165) is 59.1 Å². The molecule has 33 heavy (non-hydrogen) atoms. The number of aryl methyl sites for hydroxylation is 1. The van der Waals surface area contributed by atoms with E-state index in [1.165, 1.54) is 18.7 Å². The van der Waals surface area contributed by atoms with Gasteiger partial charge in [0.25, 0.3) is 5.91 Å². The first-order valence-corrected chi connectivity index (χ1v) is 11.4. The third kappa shape index (κ3) is 4.62. The Morgan fingerprint density at radius 1 is 1.09 bits per heavy atom. The van der Waals surface area contributed by atoms with Gasteiger partial charge < -0.3 is 9.88 Å². The molecule has 7 heteroatoms. The first-order chi connectivity index (χ1) is 16.1. The van der Waals surface area contributed by atoms with Crippen molar-refractivity contribution in [3.8, 4) is 11.3 Å². The van der Waals surface area contributed by atoms with Gasteiger partial charge in [-0.2, -0.15) is 4.39 Å². The minimum Gasteiger partial charge on any atom is -0.348 e. The van der Waals surface area contributed by atoms with E-state index in [0.29, 0.717) is 12.1 Å². The van der Waals surface area contributed by atoms with Crippen LogP contribution in [0, 0.1) is 5.95 Å². The molecule has 1 N–H and O–H groups in total. The van der Waals surface area contributed by atoms with Gasteiger partial charge in [0.1, 0.15) is 11.3 Å². The monoisotopic (exact) mass is 443 g/mol. The van der Waals surface area contributed by atoms with Crippen LogP contribution < -0.4 is 5.32 Å². The van der Waals surface area contributed by atoms with Gasteiger partial charge in [-0.05, 0) is 60.7 Å². The van der Waals surface area contributed by atoms with Crippen molar-refractivity contribution < 1.29 is 9.18 Å². The number of rotatable bonds is 5. The van der Waals surface area contributed by atoms with Crippen LogP contribution in [-0.2, 0) is 13.5 Å². The molecular weight excluding hydrogens is 417 g/mol. The fourth-order valence-corrected chi connectivity index (χ4v) is 4.52. The van der Waals surface area contributed by atoms with E-state index in [2.05, 4.69) is 20.3 Å². The molecule has 0 spiro atoms. The Bertz CT molecular complexity index is 1270. The van der Waals surface area contributed by atoms with E-state index in [1.807, 2.05) is 48.3 Å². The molecule has 0 atom stereocenters. The number of fused-ring (bicyclic) bond motifs is 1. The molecule has 1 aliphatic rings. The Labute approximate surface area is 191 Å². The van der Waals surface area contributed by atoms with Gasteiger partial charge in [-0.1, -0.05) is 25.3 Å². The van der Waals surface area contributed by atoms with Crippen LogP contribution in [0.25, 0.3) is 22.3 Å². The fourth-order valence-electron chi connectivity index (χ4n) is 4.52. The van der Waals surface area contributed by atoms with E-state index in [-0.39, 0.29) is 11.9 Å². The van der Waals surface area contributed by atoms with E-state index in [1.54, 1.807) is 6.07 Å². The van der Waals surface area contributed by atoms with E-state index in [9.17, 15) is 9.18 Å². The molecule has 1 amide bonds. The maximum atomic E-state index is 13.1. The molecule has 6 nitrogen and oxygen atoms in total. The topological polar surface area (TPSA) is 72.7 Å². The minimum absolute atomic E-state index is 0.108. The lowest BCUT2D eigenvalue weighted by Crippen LogP contribution is -2.36. The second kappa shape index (κ2) is 9.10. The van der Waals surface area contributed by atoms with Crippen LogP contribution in [0.2, 0.25) is 0 Å². The maximum Gasteiger partial charge on any atom is 0.270 e. The second-order valence-electron chi connectivity index (χ2n) is 8.74. The molecule has 1 fully saturated rings. The molecule has 4 aromatic rings. The summed E-state index contributed by atoms with van der Waals surface area (Å²) < 4.78 is 15.0. The number of carbonyl (C=O) groups excluding carboxylic acids is 1. The molecule has 0 saturated heterocycles. The summed E-state index contributed by atoms with van der Waals surface area (Å²) in [6.07, 6.45) is 11.5. The summed E-state index contributed by atoms with van der Waals surface area (Å²) in [5.41, 5.74) is 4.80. The summed E-state index contributed by atoms with van der Waals surface area (Å²) in [5, 5.41) is 4.20. The van der Waals surface area contributed by atoms with Crippen molar-refractivity contribution in [2.24, 2.45) is 7.05 Å². The number of hydrogen-bond donors (Lipinski definition) is 1. The highest BCUT2D eigenvalue weighted by Crippen LogP contribution is 2.24. The Morgan fingerprint density at radius 2 is 1.94 bits per heavy atom. The molecule has 168 valence electrons. The molecule has 0 aromatic carbocycles. The van der Waals surface area contributed by atoms with Gasteiger partial charge in [0.2, 0.25) is 5.95 Å². The Kier molecular flexibility index (Phi) is 5.86. The average Bonchev–Trinajstić information content (AvgIpc) is 3.22. The predicted octanol–water partition coefficient (Wildman–Crippen LogP) is 4.82. The van der Waals surface area contributed by atoms with Crippen LogP contribution >= 0.6 is 0 Å². The number of nitrogens with one attached hydrogen (secondary N) is 1. The smallest absolute Gasteiger partial charge is 0.270 e. The lowest BCUT2D eigenvalue weighted by atomic mass is 9.95. The third-order valence-corrected chi connectivity index (χ3v) is 6.34. The van der Waals surface area contributed by atoms with Crippen molar-refractivity contribution in [2.45, 2.75) is 44.6 Å². The first-order valence-electron chi connectivity index (χ1n) is 11.4. The summed E-state index contributed by atoms with van der Waals surface area (Å²) in [6.45, 7) is 0. The first kappa shape index (κ1) is 21.2. The van der Waals surface area contributed by atoms with Crippen molar-refractivity contribution in [1.82, 2.24) is 24.8 Å².